The van der Waals surface area contributed by atoms with Crippen molar-refractivity contribution in [3.05, 3.63) is 35.8 Å². The maximum atomic E-state index is 13.6. The van der Waals surface area contributed by atoms with Gasteiger partial charge in [0.25, 0.3) is 0 Å². The number of rotatable bonds is 1. The number of hydrogen-bond acceptors (Lipinski definition) is 3. The van der Waals surface area contributed by atoms with E-state index in [1.165, 1.54) is 6.07 Å². The first-order valence-electron chi connectivity index (χ1n) is 7.48. The fraction of sp³-hybridized carbons (Fsp3) is 0.375. The zero-order valence-corrected chi connectivity index (χ0v) is 12.3. The molecule has 2 aliphatic rings. The first kappa shape index (κ1) is 13.3. The molecule has 2 aliphatic heterocycles. The van der Waals surface area contributed by atoms with Crippen LogP contribution in [0.3, 0.4) is 0 Å². The molecule has 3 heterocycles. The van der Waals surface area contributed by atoms with Crippen molar-refractivity contribution in [2.45, 2.75) is 13.0 Å². The van der Waals surface area contributed by atoms with Crippen molar-refractivity contribution in [2.24, 2.45) is 0 Å². The molecule has 0 bridgehead atoms. The van der Waals surface area contributed by atoms with Crippen molar-refractivity contribution >= 4 is 22.6 Å². The van der Waals surface area contributed by atoms with Gasteiger partial charge in [0.2, 0.25) is 0 Å². The molecule has 0 aliphatic carbocycles. The number of benzene rings is 1. The number of anilines is 1. The van der Waals surface area contributed by atoms with Crippen LogP contribution in [0.4, 0.5) is 14.9 Å². The summed E-state index contributed by atoms with van der Waals surface area (Å²) in [6, 6.07) is 6.90. The Kier molecular flexibility index (Phi) is 2.92. The third-order valence-electron chi connectivity index (χ3n) is 4.45. The monoisotopic (exact) mass is 300 g/mol. The lowest BCUT2D eigenvalue weighted by Crippen LogP contribution is -2.52. The minimum atomic E-state index is -0.254. The van der Waals surface area contributed by atoms with Crippen LogP contribution in [0.15, 0.2) is 24.3 Å². The molecular weight excluding hydrogens is 283 g/mol. The van der Waals surface area contributed by atoms with E-state index in [1.54, 1.807) is 12.1 Å². The predicted molar refractivity (Wildman–Crippen MR) is 82.5 cm³/mol. The highest BCUT2D eigenvalue weighted by atomic mass is 19.1. The van der Waals surface area contributed by atoms with E-state index >= 15 is 0 Å². The average Bonchev–Trinajstić information content (AvgIpc) is 2.88. The Balaban J connectivity index is 1.75. The summed E-state index contributed by atoms with van der Waals surface area (Å²) in [6.07, 6.45) is 0. The second-order valence-corrected chi connectivity index (χ2v) is 5.92. The number of carbonyl (C=O) groups is 1. The number of fused-ring (bicyclic) bond motifs is 2. The van der Waals surface area contributed by atoms with Gasteiger partial charge in [-0.25, -0.2) is 9.18 Å². The van der Waals surface area contributed by atoms with E-state index in [0.29, 0.717) is 13.1 Å². The highest BCUT2D eigenvalue weighted by Gasteiger charge is 2.35. The number of piperazine rings is 1. The molecule has 114 valence electrons. The van der Waals surface area contributed by atoms with E-state index in [9.17, 15) is 9.18 Å². The molecule has 2 saturated heterocycles. The number of pyridine rings is 1. The van der Waals surface area contributed by atoms with Crippen LogP contribution in [0, 0.1) is 12.7 Å². The molecule has 5 nitrogen and oxygen atoms in total. The smallest absolute Gasteiger partial charge is 0.317 e. The number of nitrogens with zero attached hydrogens (tertiary/aromatic N) is 3. The van der Waals surface area contributed by atoms with Gasteiger partial charge in [-0.3, -0.25) is 4.98 Å². The maximum absolute atomic E-state index is 13.6. The molecule has 4 rings (SSSR count). The number of halogens is 1. The Hall–Kier alpha value is -2.37. The van der Waals surface area contributed by atoms with Crippen molar-refractivity contribution < 1.29 is 9.18 Å². The van der Waals surface area contributed by atoms with Gasteiger partial charge in [0.05, 0.1) is 11.6 Å². The normalized spacial score (nSPS) is 21.2. The molecule has 1 N–H and O–H groups in total. The molecule has 0 saturated carbocycles. The van der Waals surface area contributed by atoms with Gasteiger partial charge in [0.15, 0.2) is 0 Å². The van der Waals surface area contributed by atoms with Crippen molar-refractivity contribution in [3.63, 3.8) is 0 Å². The Labute approximate surface area is 127 Å². The molecule has 0 radical (unpaired) electrons. The Morgan fingerprint density at radius 3 is 3.05 bits per heavy atom. The van der Waals surface area contributed by atoms with Crippen LogP contribution in [-0.4, -0.2) is 48.1 Å². The number of amides is 2. The number of hydrogen-bond donors (Lipinski definition) is 1. The molecule has 1 atom stereocenters. The number of aryl methyl sites for hydroxylation is 1. The summed E-state index contributed by atoms with van der Waals surface area (Å²) >= 11 is 0. The quantitative estimate of drug-likeness (QED) is 0.875. The number of nitrogens with one attached hydrogen (secondary N) is 1. The van der Waals surface area contributed by atoms with Crippen LogP contribution in [0.5, 0.6) is 0 Å². The average molecular weight is 300 g/mol. The van der Waals surface area contributed by atoms with Crippen LogP contribution in [-0.2, 0) is 0 Å². The summed E-state index contributed by atoms with van der Waals surface area (Å²) < 4.78 is 13.6. The standard InChI is InChI=1S/C16H17FN4O/c1-10-6-15(13-7-11(17)2-3-14(13)19-10)20-4-5-21-12(9-20)8-18-16(21)22/h2-3,6-7,12H,4-5,8-9H2,1H3,(H,18,22). The minimum Gasteiger partial charge on any atom is -0.367 e. The van der Waals surface area contributed by atoms with Crippen LogP contribution in [0.1, 0.15) is 5.69 Å². The lowest BCUT2D eigenvalue weighted by molar-refractivity contribution is 0.198. The van der Waals surface area contributed by atoms with Crippen LogP contribution < -0.4 is 10.2 Å². The number of carbonyl (C=O) groups excluding carboxylic acids is 1. The zero-order valence-electron chi connectivity index (χ0n) is 12.3. The second kappa shape index (κ2) is 4.83. The van der Waals surface area contributed by atoms with Crippen LogP contribution in [0.25, 0.3) is 10.9 Å². The van der Waals surface area contributed by atoms with Gasteiger partial charge in [-0.15, -0.1) is 0 Å². The van der Waals surface area contributed by atoms with Gasteiger partial charge in [-0.2, -0.15) is 0 Å². The van der Waals surface area contributed by atoms with Gasteiger partial charge in [0.1, 0.15) is 5.82 Å². The lowest BCUT2D eigenvalue weighted by Gasteiger charge is -2.38. The summed E-state index contributed by atoms with van der Waals surface area (Å²) in [5.41, 5.74) is 2.72. The first-order chi connectivity index (χ1) is 10.6. The van der Waals surface area contributed by atoms with Gasteiger partial charge in [-0.1, -0.05) is 0 Å². The summed E-state index contributed by atoms with van der Waals surface area (Å²) in [5.74, 6) is -0.254. The van der Waals surface area contributed by atoms with Gasteiger partial charge in [0, 0.05) is 42.9 Å². The first-order valence-corrected chi connectivity index (χ1v) is 7.48. The fourth-order valence-electron chi connectivity index (χ4n) is 3.39. The van der Waals surface area contributed by atoms with E-state index in [1.807, 2.05) is 17.9 Å². The SMILES string of the molecule is Cc1cc(N2CCN3C(=O)NCC3C2)c2cc(F)ccc2n1. The maximum Gasteiger partial charge on any atom is 0.317 e. The molecule has 1 unspecified atom stereocenters. The molecule has 2 amide bonds. The lowest BCUT2D eigenvalue weighted by atomic mass is 10.1. The van der Waals surface area contributed by atoms with Crippen molar-refractivity contribution in [1.29, 1.82) is 0 Å². The summed E-state index contributed by atoms with van der Waals surface area (Å²) in [7, 11) is 0. The second-order valence-electron chi connectivity index (χ2n) is 5.92. The Bertz CT molecular complexity index is 763. The zero-order chi connectivity index (χ0) is 15.3. The van der Waals surface area contributed by atoms with Crippen molar-refractivity contribution in [1.82, 2.24) is 15.2 Å². The summed E-state index contributed by atoms with van der Waals surface area (Å²) in [5, 5.41) is 3.71. The van der Waals surface area contributed by atoms with E-state index in [0.717, 1.165) is 35.4 Å². The van der Waals surface area contributed by atoms with E-state index in [-0.39, 0.29) is 17.9 Å². The highest BCUT2D eigenvalue weighted by molar-refractivity contribution is 5.92. The minimum absolute atomic E-state index is 0.0199. The van der Waals surface area contributed by atoms with Crippen LogP contribution >= 0.6 is 0 Å². The molecule has 22 heavy (non-hydrogen) atoms. The van der Waals surface area contributed by atoms with Gasteiger partial charge >= 0.3 is 6.03 Å². The van der Waals surface area contributed by atoms with E-state index in [4.69, 9.17) is 0 Å². The molecule has 0 spiro atoms. The highest BCUT2D eigenvalue weighted by Crippen LogP contribution is 2.29. The van der Waals surface area contributed by atoms with Crippen molar-refractivity contribution in [2.75, 3.05) is 31.1 Å². The van der Waals surface area contributed by atoms with Crippen molar-refractivity contribution in [3.8, 4) is 0 Å². The van der Waals surface area contributed by atoms with E-state index in [2.05, 4.69) is 15.2 Å². The Morgan fingerprint density at radius 1 is 1.32 bits per heavy atom. The Morgan fingerprint density at radius 2 is 2.18 bits per heavy atom. The molecule has 6 heteroatoms. The largest absolute Gasteiger partial charge is 0.367 e. The third-order valence-corrected chi connectivity index (χ3v) is 4.45. The fourth-order valence-corrected chi connectivity index (χ4v) is 3.39. The van der Waals surface area contributed by atoms with Gasteiger partial charge < -0.3 is 15.1 Å². The molecular formula is C16H17FN4O. The third kappa shape index (κ3) is 2.06. The van der Waals surface area contributed by atoms with Gasteiger partial charge in [-0.05, 0) is 31.2 Å². The molecule has 1 aromatic heterocycles. The number of urea groups is 1. The summed E-state index contributed by atoms with van der Waals surface area (Å²) in [4.78, 5) is 20.3. The topological polar surface area (TPSA) is 48.5 Å². The molecule has 1 aromatic carbocycles. The van der Waals surface area contributed by atoms with Crippen LogP contribution in [0.2, 0.25) is 0 Å². The van der Waals surface area contributed by atoms with E-state index < -0.39 is 0 Å². The predicted octanol–water partition coefficient (Wildman–Crippen LogP) is 1.90. The number of aromatic nitrogens is 1. The molecule has 2 fully saturated rings. The summed E-state index contributed by atoms with van der Waals surface area (Å²) in [6.45, 7) is 4.82. The molecule has 2 aromatic rings.